The molecule has 1 amide bonds. The molecule has 0 aliphatic rings. The van der Waals surface area contributed by atoms with E-state index in [0.717, 1.165) is 0 Å². The Bertz CT molecular complexity index is 184. The first kappa shape index (κ1) is 11.2. The maximum absolute atomic E-state index is 10.9. The van der Waals surface area contributed by atoms with Crippen LogP contribution in [0.4, 0.5) is 0 Å². The van der Waals surface area contributed by atoms with Crippen LogP contribution in [0.3, 0.4) is 0 Å². The number of carbonyl (C=O) groups excluding carboxylic acids is 2. The molecule has 0 aromatic rings. The van der Waals surface area contributed by atoms with Crippen LogP contribution in [0.1, 0.15) is 6.92 Å². The number of rotatable bonds is 4. The highest BCUT2D eigenvalue weighted by Gasteiger charge is 2.20. The number of hydrogen-bond acceptors (Lipinski definition) is 3. The zero-order valence-corrected chi connectivity index (χ0v) is 7.63. The number of nitrogens with one attached hydrogen (secondary N) is 1. The van der Waals surface area contributed by atoms with Gasteiger partial charge in [-0.3, -0.25) is 4.79 Å². The molecule has 0 aromatic carbocycles. The molecule has 6 heteroatoms. The molecule has 0 spiro atoms. The highest BCUT2D eigenvalue weighted by atomic mass is 16.3. The largest absolute Gasteiger partial charge is 0.391 e. The molecule has 0 saturated heterocycles. The Balaban J connectivity index is 4.14. The zero-order valence-electron chi connectivity index (χ0n) is 7.63. The summed E-state index contributed by atoms with van der Waals surface area (Å²) in [7, 11) is 3.03. The van der Waals surface area contributed by atoms with Crippen LogP contribution in [0.15, 0.2) is 0 Å². The average Bonchev–Trinajstić information content (AvgIpc) is 1.98. The van der Waals surface area contributed by atoms with Crippen LogP contribution in [0.2, 0.25) is 6.32 Å². The summed E-state index contributed by atoms with van der Waals surface area (Å²) in [6.45, 7) is 1.47. The van der Waals surface area contributed by atoms with E-state index in [2.05, 4.69) is 5.32 Å². The van der Waals surface area contributed by atoms with E-state index < -0.39 is 12.1 Å². The van der Waals surface area contributed by atoms with Gasteiger partial charge in [-0.25, -0.2) is 0 Å². The van der Waals surface area contributed by atoms with Crippen molar-refractivity contribution in [1.82, 2.24) is 5.32 Å². The van der Waals surface area contributed by atoms with E-state index in [1.165, 1.54) is 14.8 Å². The Morgan fingerprint density at radius 1 is 1.58 bits per heavy atom. The zero-order chi connectivity index (χ0) is 9.72. The van der Waals surface area contributed by atoms with Gasteiger partial charge in [0.25, 0.3) is 0 Å². The van der Waals surface area contributed by atoms with Crippen LogP contribution < -0.4 is 5.32 Å². The quantitative estimate of drug-likeness (QED) is 0.442. The smallest absolute Gasteiger partial charge is 0.212 e. The fourth-order valence-electron chi connectivity index (χ4n) is 0.837. The molecular formula is C6H13B2NO3. The Morgan fingerprint density at radius 2 is 2.08 bits per heavy atom. The second-order valence-corrected chi connectivity index (χ2v) is 2.75. The van der Waals surface area contributed by atoms with Gasteiger partial charge in [-0.05, 0) is 13.2 Å². The third-order valence-electron chi connectivity index (χ3n) is 1.56. The van der Waals surface area contributed by atoms with Crippen molar-refractivity contribution in [2.45, 2.75) is 25.4 Å². The summed E-state index contributed by atoms with van der Waals surface area (Å²) in [5.41, 5.74) is -0.230. The van der Waals surface area contributed by atoms with Crippen molar-refractivity contribution in [2.24, 2.45) is 0 Å². The summed E-state index contributed by atoms with van der Waals surface area (Å²) in [6.07, 6.45) is -0.519. The SMILES string of the molecule is BCC(=O)NC(C(B)=O)C(C)O. The van der Waals surface area contributed by atoms with Crippen molar-refractivity contribution < 1.29 is 14.7 Å². The lowest BCUT2D eigenvalue weighted by Crippen LogP contribution is -2.47. The van der Waals surface area contributed by atoms with Crippen LogP contribution in [0.25, 0.3) is 0 Å². The molecule has 12 heavy (non-hydrogen) atoms. The Morgan fingerprint density at radius 3 is 2.33 bits per heavy atom. The summed E-state index contributed by atoms with van der Waals surface area (Å²) in [6, 6.07) is -0.766. The highest BCUT2D eigenvalue weighted by molar-refractivity contribution is 6.59. The average molecular weight is 169 g/mol. The lowest BCUT2D eigenvalue weighted by molar-refractivity contribution is -0.125. The molecule has 0 bridgehead atoms. The Hall–Kier alpha value is -0.770. The van der Waals surface area contributed by atoms with E-state index in [4.69, 9.17) is 5.11 Å². The van der Waals surface area contributed by atoms with Gasteiger partial charge in [0.15, 0.2) is 7.85 Å². The van der Waals surface area contributed by atoms with E-state index in [0.29, 0.717) is 6.32 Å². The normalized spacial score (nSPS) is 14.8. The van der Waals surface area contributed by atoms with Gasteiger partial charge in [-0.15, -0.1) is 0 Å². The molecule has 2 unspecified atom stereocenters. The van der Waals surface area contributed by atoms with E-state index in [9.17, 15) is 9.59 Å². The highest BCUT2D eigenvalue weighted by Crippen LogP contribution is 1.93. The van der Waals surface area contributed by atoms with Gasteiger partial charge in [-0.1, -0.05) is 0 Å². The summed E-state index contributed by atoms with van der Waals surface area (Å²) in [5.74, 6) is -0.226. The van der Waals surface area contributed by atoms with Gasteiger partial charge in [0.1, 0.15) is 19.6 Å². The number of hydrogen-bond donors (Lipinski definition) is 2. The van der Waals surface area contributed by atoms with Crippen LogP contribution in [-0.2, 0) is 9.59 Å². The molecule has 0 fully saturated rings. The number of carbonyl (C=O) groups is 2. The van der Waals surface area contributed by atoms with Crippen molar-refractivity contribution in [3.8, 4) is 0 Å². The molecule has 66 valence electrons. The molecule has 0 heterocycles. The van der Waals surface area contributed by atoms with Crippen molar-refractivity contribution in [2.75, 3.05) is 0 Å². The second kappa shape index (κ2) is 4.98. The van der Waals surface area contributed by atoms with Gasteiger partial charge in [-0.2, -0.15) is 0 Å². The van der Waals surface area contributed by atoms with E-state index in [1.807, 2.05) is 0 Å². The standard InChI is InChI=1S/C6H13B2NO3/c1-3(10)5(6(8)12)9-4(11)2-7/h3,5,10H,2,7-8H2,1H3,(H,9,11). The predicted octanol–water partition coefficient (Wildman–Crippen LogP) is -2.94. The van der Waals surface area contributed by atoms with Crippen LogP contribution in [0.5, 0.6) is 0 Å². The van der Waals surface area contributed by atoms with Gasteiger partial charge in [0, 0.05) is 0 Å². The van der Waals surface area contributed by atoms with E-state index >= 15 is 0 Å². The molecule has 2 N–H and O–H groups in total. The topological polar surface area (TPSA) is 66.4 Å². The summed E-state index contributed by atoms with van der Waals surface area (Å²) in [5, 5.41) is 11.5. The molecule has 0 aliphatic heterocycles. The van der Waals surface area contributed by atoms with Gasteiger partial charge >= 0.3 is 0 Å². The van der Waals surface area contributed by atoms with Crippen LogP contribution >= 0.6 is 0 Å². The maximum Gasteiger partial charge on any atom is 0.212 e. The second-order valence-electron chi connectivity index (χ2n) is 2.75. The molecule has 0 radical (unpaired) electrons. The number of aliphatic hydroxyl groups is 1. The minimum absolute atomic E-state index is 0.226. The lowest BCUT2D eigenvalue weighted by atomic mass is 9.91. The summed E-state index contributed by atoms with van der Waals surface area (Å²) in [4.78, 5) is 21.7. The minimum Gasteiger partial charge on any atom is -0.391 e. The van der Waals surface area contributed by atoms with Gasteiger partial charge in [0.05, 0.1) is 6.10 Å². The Labute approximate surface area is 73.5 Å². The van der Waals surface area contributed by atoms with Crippen molar-refractivity contribution in [3.63, 3.8) is 0 Å². The maximum atomic E-state index is 10.9. The molecule has 0 rings (SSSR count). The van der Waals surface area contributed by atoms with Crippen LogP contribution in [-0.4, -0.2) is 44.5 Å². The predicted molar refractivity (Wildman–Crippen MR) is 50.5 cm³/mol. The van der Waals surface area contributed by atoms with Crippen molar-refractivity contribution >= 4 is 27.3 Å². The fraction of sp³-hybridized carbons (Fsp3) is 0.667. The number of amides is 1. The van der Waals surface area contributed by atoms with E-state index in [-0.39, 0.29) is 11.6 Å². The summed E-state index contributed by atoms with van der Waals surface area (Å²) >= 11 is 0. The van der Waals surface area contributed by atoms with Gasteiger partial charge in [0.2, 0.25) is 5.91 Å². The van der Waals surface area contributed by atoms with Crippen molar-refractivity contribution in [3.05, 3.63) is 0 Å². The first-order valence-electron chi connectivity index (χ1n) is 3.97. The van der Waals surface area contributed by atoms with E-state index in [1.54, 1.807) is 7.85 Å². The third-order valence-corrected chi connectivity index (χ3v) is 1.56. The molecule has 4 nitrogen and oxygen atoms in total. The van der Waals surface area contributed by atoms with Crippen LogP contribution in [0, 0.1) is 0 Å². The summed E-state index contributed by atoms with van der Waals surface area (Å²) < 4.78 is 0. The first-order valence-corrected chi connectivity index (χ1v) is 3.97. The fourth-order valence-corrected chi connectivity index (χ4v) is 0.837. The van der Waals surface area contributed by atoms with Crippen molar-refractivity contribution in [1.29, 1.82) is 0 Å². The first-order chi connectivity index (χ1) is 5.49. The Kier molecular flexibility index (Phi) is 4.66. The third kappa shape index (κ3) is 3.57. The monoisotopic (exact) mass is 169 g/mol. The molecule has 0 aromatic heterocycles. The molecule has 0 aliphatic carbocycles. The lowest BCUT2D eigenvalue weighted by Gasteiger charge is -2.18. The molecule has 0 saturated carbocycles. The molecule has 2 atom stereocenters. The molecular weight excluding hydrogens is 156 g/mol. The minimum atomic E-state index is -0.835. The van der Waals surface area contributed by atoms with Gasteiger partial charge < -0.3 is 15.2 Å². The number of aliphatic hydroxyl groups excluding tert-OH is 1.